The van der Waals surface area contributed by atoms with Gasteiger partial charge in [-0.2, -0.15) is 0 Å². The summed E-state index contributed by atoms with van der Waals surface area (Å²) in [5, 5.41) is 6.26. The second-order valence-electron chi connectivity index (χ2n) is 6.65. The Morgan fingerprint density at radius 1 is 1.30 bits per heavy atom. The van der Waals surface area contributed by atoms with Gasteiger partial charge in [0, 0.05) is 32.1 Å². The van der Waals surface area contributed by atoms with Gasteiger partial charge in [0.1, 0.15) is 6.04 Å². The molecular formula is C18H27N3O2. The first kappa shape index (κ1) is 17.5. The fourth-order valence-electron chi connectivity index (χ4n) is 2.84. The van der Waals surface area contributed by atoms with E-state index in [2.05, 4.69) is 17.6 Å². The van der Waals surface area contributed by atoms with Crippen LogP contribution in [0.2, 0.25) is 0 Å². The van der Waals surface area contributed by atoms with E-state index in [0.29, 0.717) is 19.5 Å². The van der Waals surface area contributed by atoms with Crippen molar-refractivity contribution in [1.29, 1.82) is 0 Å². The molecule has 2 atom stereocenters. The third-order valence-electron chi connectivity index (χ3n) is 3.96. The van der Waals surface area contributed by atoms with E-state index in [-0.39, 0.29) is 23.8 Å². The first-order valence-electron chi connectivity index (χ1n) is 8.34. The molecule has 1 heterocycles. The Bertz CT molecular complexity index is 530. The number of amides is 2. The number of carbonyl (C=O) groups excluding carboxylic acids is 2. The molecule has 1 aliphatic heterocycles. The monoisotopic (exact) mass is 317 g/mol. The Kier molecular flexibility index (Phi) is 6.16. The molecule has 23 heavy (non-hydrogen) atoms. The van der Waals surface area contributed by atoms with E-state index in [9.17, 15) is 9.59 Å². The van der Waals surface area contributed by atoms with Crippen LogP contribution in [0.3, 0.4) is 0 Å². The van der Waals surface area contributed by atoms with Crippen molar-refractivity contribution < 1.29 is 9.59 Å². The van der Waals surface area contributed by atoms with Crippen LogP contribution < -0.4 is 10.6 Å². The number of nitrogens with zero attached hydrogens (tertiary/aromatic N) is 1. The summed E-state index contributed by atoms with van der Waals surface area (Å²) in [6, 6.07) is 9.15. The third-order valence-corrected chi connectivity index (χ3v) is 3.96. The van der Waals surface area contributed by atoms with E-state index in [1.807, 2.05) is 49.1 Å². The molecule has 1 fully saturated rings. The van der Waals surface area contributed by atoms with Gasteiger partial charge in [-0.15, -0.1) is 0 Å². The smallest absolute Gasteiger partial charge is 0.249 e. The normalized spacial score (nSPS) is 19.5. The zero-order chi connectivity index (χ0) is 16.8. The van der Waals surface area contributed by atoms with Crippen molar-refractivity contribution in [3.05, 3.63) is 35.9 Å². The Hall–Kier alpha value is -1.88. The lowest BCUT2D eigenvalue weighted by molar-refractivity contribution is -0.137. The summed E-state index contributed by atoms with van der Waals surface area (Å²) >= 11 is 0. The molecule has 0 aromatic heterocycles. The lowest BCUT2D eigenvalue weighted by Crippen LogP contribution is -2.54. The van der Waals surface area contributed by atoms with E-state index >= 15 is 0 Å². The largest absolute Gasteiger partial charge is 0.341 e. The van der Waals surface area contributed by atoms with Gasteiger partial charge < -0.3 is 15.5 Å². The van der Waals surface area contributed by atoms with Gasteiger partial charge >= 0.3 is 0 Å². The number of piperazine rings is 1. The Morgan fingerprint density at radius 2 is 2.00 bits per heavy atom. The van der Waals surface area contributed by atoms with Crippen molar-refractivity contribution in [1.82, 2.24) is 15.5 Å². The van der Waals surface area contributed by atoms with Crippen LogP contribution in [0.1, 0.15) is 38.8 Å². The summed E-state index contributed by atoms with van der Waals surface area (Å²) in [5.74, 6) is 0.160. The van der Waals surface area contributed by atoms with Crippen LogP contribution in [-0.4, -0.2) is 42.4 Å². The van der Waals surface area contributed by atoms with Gasteiger partial charge in [0.15, 0.2) is 0 Å². The summed E-state index contributed by atoms with van der Waals surface area (Å²) in [6.07, 6.45) is 0.425. The summed E-state index contributed by atoms with van der Waals surface area (Å²) in [6.45, 7) is 8.19. The summed E-state index contributed by atoms with van der Waals surface area (Å²) < 4.78 is 0. The van der Waals surface area contributed by atoms with Crippen LogP contribution in [0.15, 0.2) is 30.3 Å². The molecule has 2 N–H and O–H groups in total. The molecule has 2 rings (SSSR count). The van der Waals surface area contributed by atoms with Crippen molar-refractivity contribution >= 4 is 11.8 Å². The average molecular weight is 317 g/mol. The second kappa shape index (κ2) is 8.11. The van der Waals surface area contributed by atoms with Gasteiger partial charge in [0.25, 0.3) is 0 Å². The van der Waals surface area contributed by atoms with E-state index in [1.165, 1.54) is 0 Å². The minimum absolute atomic E-state index is 0.0262. The Balaban J connectivity index is 2.15. The molecule has 1 aliphatic rings. The number of rotatable bonds is 5. The number of hydrogen-bond acceptors (Lipinski definition) is 3. The van der Waals surface area contributed by atoms with Crippen LogP contribution in [0.5, 0.6) is 0 Å². The topological polar surface area (TPSA) is 61.4 Å². The maximum atomic E-state index is 12.9. The van der Waals surface area contributed by atoms with E-state index < -0.39 is 6.04 Å². The number of hydrogen-bond donors (Lipinski definition) is 2. The highest BCUT2D eigenvalue weighted by Gasteiger charge is 2.29. The van der Waals surface area contributed by atoms with E-state index in [1.54, 1.807) is 0 Å². The van der Waals surface area contributed by atoms with Crippen molar-refractivity contribution in [2.75, 3.05) is 19.6 Å². The van der Waals surface area contributed by atoms with Crippen LogP contribution >= 0.6 is 0 Å². The molecule has 5 nitrogen and oxygen atoms in total. The molecule has 0 radical (unpaired) electrons. The molecular weight excluding hydrogens is 290 g/mol. The van der Waals surface area contributed by atoms with Gasteiger partial charge in [0.05, 0.1) is 0 Å². The lowest BCUT2D eigenvalue weighted by atomic mass is 10.0. The minimum Gasteiger partial charge on any atom is -0.341 e. The Labute approximate surface area is 138 Å². The zero-order valence-corrected chi connectivity index (χ0v) is 14.2. The van der Waals surface area contributed by atoms with Gasteiger partial charge in [-0.25, -0.2) is 0 Å². The van der Waals surface area contributed by atoms with Gasteiger partial charge in [-0.05, 0) is 18.4 Å². The molecule has 0 saturated carbocycles. The Morgan fingerprint density at radius 3 is 2.61 bits per heavy atom. The van der Waals surface area contributed by atoms with E-state index in [0.717, 1.165) is 12.1 Å². The van der Waals surface area contributed by atoms with Crippen LogP contribution in [-0.2, 0) is 9.59 Å². The summed E-state index contributed by atoms with van der Waals surface area (Å²) in [4.78, 5) is 27.0. The zero-order valence-electron chi connectivity index (χ0n) is 14.2. The predicted molar refractivity (Wildman–Crippen MR) is 90.8 cm³/mol. The summed E-state index contributed by atoms with van der Waals surface area (Å²) in [7, 11) is 0. The van der Waals surface area contributed by atoms with Crippen molar-refractivity contribution in [2.24, 2.45) is 5.92 Å². The van der Waals surface area contributed by atoms with Crippen LogP contribution in [0.4, 0.5) is 0 Å². The fraction of sp³-hybridized carbons (Fsp3) is 0.556. The van der Waals surface area contributed by atoms with Gasteiger partial charge in [-0.1, -0.05) is 44.2 Å². The fourth-order valence-corrected chi connectivity index (χ4v) is 2.84. The van der Waals surface area contributed by atoms with Crippen LogP contribution in [0, 0.1) is 5.92 Å². The first-order valence-corrected chi connectivity index (χ1v) is 8.34. The maximum absolute atomic E-state index is 12.9. The molecule has 1 aromatic rings. The van der Waals surface area contributed by atoms with Gasteiger partial charge in [-0.3, -0.25) is 9.59 Å². The molecule has 2 unspecified atom stereocenters. The number of nitrogens with one attached hydrogen (secondary N) is 2. The molecule has 1 aromatic carbocycles. The predicted octanol–water partition coefficient (Wildman–Crippen LogP) is 1.71. The molecule has 0 bridgehead atoms. The van der Waals surface area contributed by atoms with Gasteiger partial charge in [0.2, 0.25) is 11.8 Å². The maximum Gasteiger partial charge on any atom is 0.249 e. The van der Waals surface area contributed by atoms with Crippen molar-refractivity contribution in [2.45, 2.75) is 39.3 Å². The SMILES string of the molecule is CC(C)CC(=O)NC(C(=O)N1CCNC(C)C1)c1ccccc1. The number of benzene rings is 1. The second-order valence-corrected chi connectivity index (χ2v) is 6.65. The van der Waals surface area contributed by atoms with Crippen molar-refractivity contribution in [3.63, 3.8) is 0 Å². The van der Waals surface area contributed by atoms with Crippen molar-refractivity contribution in [3.8, 4) is 0 Å². The molecule has 126 valence electrons. The lowest BCUT2D eigenvalue weighted by Gasteiger charge is -2.34. The minimum atomic E-state index is -0.604. The molecule has 0 aliphatic carbocycles. The average Bonchev–Trinajstić information content (AvgIpc) is 2.52. The van der Waals surface area contributed by atoms with E-state index in [4.69, 9.17) is 0 Å². The molecule has 1 saturated heterocycles. The highest BCUT2D eigenvalue weighted by Crippen LogP contribution is 2.18. The molecule has 5 heteroatoms. The molecule has 0 spiro atoms. The third kappa shape index (κ3) is 5.06. The highest BCUT2D eigenvalue weighted by atomic mass is 16.2. The molecule has 2 amide bonds. The summed E-state index contributed by atoms with van der Waals surface area (Å²) in [5.41, 5.74) is 0.834. The standard InChI is InChI=1S/C18H27N3O2/c1-13(2)11-16(22)20-17(15-7-5-4-6-8-15)18(23)21-10-9-19-14(3)12-21/h4-8,13-14,17,19H,9-12H2,1-3H3,(H,20,22). The first-order chi connectivity index (χ1) is 11.0. The number of carbonyl (C=O) groups is 2. The highest BCUT2D eigenvalue weighted by molar-refractivity contribution is 5.88. The quantitative estimate of drug-likeness (QED) is 0.869. The van der Waals surface area contributed by atoms with Crippen LogP contribution in [0.25, 0.3) is 0 Å².